The van der Waals surface area contributed by atoms with Crippen molar-refractivity contribution in [1.29, 1.82) is 0 Å². The number of methoxy groups -OCH3 is 1. The first-order chi connectivity index (χ1) is 13.2. The van der Waals surface area contributed by atoms with Crippen molar-refractivity contribution >= 4 is 23.2 Å². The molecule has 0 spiro atoms. The zero-order valence-electron chi connectivity index (χ0n) is 17.5. The van der Waals surface area contributed by atoms with Gasteiger partial charge in [0.1, 0.15) is 17.2 Å². The zero-order chi connectivity index (χ0) is 20.5. The second kappa shape index (κ2) is 7.86. The van der Waals surface area contributed by atoms with E-state index in [1.54, 1.807) is 13.2 Å². The Kier molecular flexibility index (Phi) is 5.68. The highest BCUT2D eigenvalue weighted by Gasteiger charge is 2.35. The summed E-state index contributed by atoms with van der Waals surface area (Å²) in [6.07, 6.45) is 5.74. The number of carbonyl (C=O) groups excluding carboxylic acids is 1. The van der Waals surface area contributed by atoms with Gasteiger partial charge in [0, 0.05) is 17.7 Å². The van der Waals surface area contributed by atoms with Crippen LogP contribution in [0.15, 0.2) is 18.7 Å². The minimum Gasteiger partial charge on any atom is -0.496 e. The van der Waals surface area contributed by atoms with Gasteiger partial charge in [-0.25, -0.2) is 9.78 Å². The predicted octanol–water partition coefficient (Wildman–Crippen LogP) is 5.46. The molecule has 1 unspecified atom stereocenters. The lowest BCUT2D eigenvalue weighted by molar-refractivity contribution is 0.00610. The van der Waals surface area contributed by atoms with Crippen molar-refractivity contribution in [2.24, 2.45) is 0 Å². The third-order valence-corrected chi connectivity index (χ3v) is 5.21. The largest absolute Gasteiger partial charge is 0.496 e. The summed E-state index contributed by atoms with van der Waals surface area (Å²) in [6, 6.07) is 3.82. The normalized spacial score (nSPS) is 16.2. The van der Waals surface area contributed by atoms with E-state index in [4.69, 9.17) is 14.5 Å². The molecule has 0 bridgehead atoms. The third kappa shape index (κ3) is 4.16. The van der Waals surface area contributed by atoms with Crippen LogP contribution in [0.5, 0.6) is 5.75 Å². The maximum atomic E-state index is 13.0. The van der Waals surface area contributed by atoms with E-state index in [0.29, 0.717) is 0 Å². The van der Waals surface area contributed by atoms with Gasteiger partial charge in [-0.05, 0) is 46.6 Å². The van der Waals surface area contributed by atoms with Crippen molar-refractivity contribution in [2.45, 2.75) is 71.1 Å². The van der Waals surface area contributed by atoms with Gasteiger partial charge in [0.2, 0.25) is 0 Å². The van der Waals surface area contributed by atoms with Crippen molar-refractivity contribution in [3.05, 3.63) is 30.1 Å². The van der Waals surface area contributed by atoms with E-state index in [0.717, 1.165) is 53.9 Å². The summed E-state index contributed by atoms with van der Waals surface area (Å²) < 4.78 is 11.1. The van der Waals surface area contributed by atoms with Gasteiger partial charge in [0.05, 0.1) is 24.2 Å². The lowest BCUT2D eigenvalue weighted by Gasteiger charge is -2.35. The van der Waals surface area contributed by atoms with E-state index in [2.05, 4.69) is 11.6 Å². The van der Waals surface area contributed by atoms with Crippen LogP contribution < -0.4 is 4.74 Å². The highest BCUT2D eigenvalue weighted by molar-refractivity contribution is 5.81. The van der Waals surface area contributed by atoms with Crippen molar-refractivity contribution in [3.63, 3.8) is 0 Å². The Balaban J connectivity index is 1.96. The second-order valence-corrected chi connectivity index (χ2v) is 8.44. The molecule has 0 aliphatic heterocycles. The third-order valence-electron chi connectivity index (χ3n) is 5.21. The van der Waals surface area contributed by atoms with Gasteiger partial charge in [-0.2, -0.15) is 0 Å². The Hall–Kier alpha value is -2.50. The molecule has 1 saturated carbocycles. The predicted molar refractivity (Wildman–Crippen MR) is 111 cm³/mol. The Labute approximate surface area is 166 Å². The monoisotopic (exact) mass is 385 g/mol. The molecular formula is C22H31N3O3. The molecule has 2 aromatic rings. The lowest BCUT2D eigenvalue weighted by Crippen LogP contribution is -2.44. The fraction of sp³-hybridized carbons (Fsp3) is 0.545. The van der Waals surface area contributed by atoms with Crippen LogP contribution in [0.4, 0.5) is 4.79 Å². The van der Waals surface area contributed by atoms with E-state index in [1.807, 2.05) is 44.7 Å². The minimum atomic E-state index is -0.534. The molecule has 3 rings (SSSR count). The summed E-state index contributed by atoms with van der Waals surface area (Å²) in [5.74, 6) is 1.48. The topological polar surface area (TPSA) is 67.5 Å². The fourth-order valence-corrected chi connectivity index (χ4v) is 3.86. The quantitative estimate of drug-likeness (QED) is 0.742. The summed E-state index contributed by atoms with van der Waals surface area (Å²) in [5.41, 5.74) is 2.07. The summed E-state index contributed by atoms with van der Waals surface area (Å²) >= 11 is 0. The maximum absolute atomic E-state index is 13.0. The molecule has 1 aromatic carbocycles. The van der Waals surface area contributed by atoms with Gasteiger partial charge < -0.3 is 14.5 Å². The SMILES string of the molecule is C=Cc1cc2[nH]c(C(C)N(C(=O)OC(C)(C)C)C3CCCC3)nc2cc1OC. The van der Waals surface area contributed by atoms with Gasteiger partial charge in [0.25, 0.3) is 0 Å². The second-order valence-electron chi connectivity index (χ2n) is 8.44. The Morgan fingerprint density at radius 1 is 1.36 bits per heavy atom. The van der Waals surface area contributed by atoms with Crippen LogP contribution in [-0.2, 0) is 4.74 Å². The number of hydrogen-bond acceptors (Lipinski definition) is 4. The van der Waals surface area contributed by atoms with Crippen LogP contribution in [0.3, 0.4) is 0 Å². The number of benzene rings is 1. The zero-order valence-corrected chi connectivity index (χ0v) is 17.5. The molecule has 1 fully saturated rings. The van der Waals surface area contributed by atoms with Crippen LogP contribution in [0, 0.1) is 0 Å². The van der Waals surface area contributed by atoms with Gasteiger partial charge in [-0.3, -0.25) is 4.90 Å². The van der Waals surface area contributed by atoms with E-state index >= 15 is 0 Å². The first-order valence-corrected chi connectivity index (χ1v) is 9.95. The molecule has 1 atom stereocenters. The van der Waals surface area contributed by atoms with Crippen LogP contribution in [0.25, 0.3) is 17.1 Å². The van der Waals surface area contributed by atoms with Crippen LogP contribution in [0.2, 0.25) is 0 Å². The summed E-state index contributed by atoms with van der Waals surface area (Å²) in [5, 5.41) is 0. The summed E-state index contributed by atoms with van der Waals surface area (Å²) in [6.45, 7) is 11.5. The highest BCUT2D eigenvalue weighted by atomic mass is 16.6. The summed E-state index contributed by atoms with van der Waals surface area (Å²) in [4.78, 5) is 23.0. The number of rotatable bonds is 5. The number of carbonyl (C=O) groups is 1. The van der Waals surface area contributed by atoms with E-state index in [9.17, 15) is 4.79 Å². The van der Waals surface area contributed by atoms with Gasteiger partial charge >= 0.3 is 6.09 Å². The van der Waals surface area contributed by atoms with E-state index < -0.39 is 5.60 Å². The molecule has 28 heavy (non-hydrogen) atoms. The number of fused-ring (bicyclic) bond motifs is 1. The van der Waals surface area contributed by atoms with Crippen molar-refractivity contribution in [2.75, 3.05) is 7.11 Å². The van der Waals surface area contributed by atoms with Crippen LogP contribution in [-0.4, -0.2) is 39.7 Å². The smallest absolute Gasteiger partial charge is 0.411 e. The maximum Gasteiger partial charge on any atom is 0.411 e. The Bertz CT molecular complexity index is 860. The fourth-order valence-electron chi connectivity index (χ4n) is 3.86. The standard InChI is InChI=1S/C22H31N3O3/c1-7-15-12-17-18(13-19(15)27-6)24-20(23-17)14(2)25(16-10-8-9-11-16)21(26)28-22(3,4)5/h7,12-14,16H,1,8-11H2,2-6H3,(H,23,24). The highest BCUT2D eigenvalue weighted by Crippen LogP contribution is 2.33. The van der Waals surface area contributed by atoms with Crippen molar-refractivity contribution < 1.29 is 14.3 Å². The number of aromatic nitrogens is 2. The average molecular weight is 386 g/mol. The first kappa shape index (κ1) is 20.2. The molecule has 1 aliphatic carbocycles. The number of ether oxygens (including phenoxy) is 2. The Morgan fingerprint density at radius 3 is 2.61 bits per heavy atom. The number of nitrogens with zero attached hydrogens (tertiary/aromatic N) is 2. The molecule has 6 heteroatoms. The molecule has 0 radical (unpaired) electrons. The molecule has 152 valence electrons. The number of aromatic amines is 1. The van der Waals surface area contributed by atoms with Crippen molar-refractivity contribution in [3.8, 4) is 5.75 Å². The molecule has 0 saturated heterocycles. The number of H-pyrrole nitrogens is 1. The minimum absolute atomic E-state index is 0.177. The lowest BCUT2D eigenvalue weighted by atomic mass is 10.1. The van der Waals surface area contributed by atoms with E-state index in [-0.39, 0.29) is 18.2 Å². The average Bonchev–Trinajstić information content (AvgIpc) is 3.28. The molecule has 6 nitrogen and oxygen atoms in total. The Morgan fingerprint density at radius 2 is 2.04 bits per heavy atom. The number of imidazole rings is 1. The molecule has 1 N–H and O–H groups in total. The van der Waals surface area contributed by atoms with E-state index in [1.165, 1.54) is 0 Å². The van der Waals surface area contributed by atoms with Gasteiger partial charge in [-0.1, -0.05) is 25.5 Å². The van der Waals surface area contributed by atoms with Crippen LogP contribution in [0.1, 0.15) is 70.8 Å². The molecule has 1 heterocycles. The molecule has 1 aromatic heterocycles. The number of nitrogens with one attached hydrogen (secondary N) is 1. The van der Waals surface area contributed by atoms with Gasteiger partial charge in [-0.15, -0.1) is 0 Å². The summed E-state index contributed by atoms with van der Waals surface area (Å²) in [7, 11) is 1.63. The number of amides is 1. The number of hydrogen-bond donors (Lipinski definition) is 1. The molecule has 1 aliphatic rings. The van der Waals surface area contributed by atoms with Gasteiger partial charge in [0.15, 0.2) is 0 Å². The first-order valence-electron chi connectivity index (χ1n) is 9.95. The molecular weight excluding hydrogens is 354 g/mol. The van der Waals surface area contributed by atoms with Crippen LogP contribution >= 0.6 is 0 Å². The van der Waals surface area contributed by atoms with Crippen molar-refractivity contribution in [1.82, 2.24) is 14.9 Å². The molecule has 1 amide bonds.